The first kappa shape index (κ1) is 28.7. The van der Waals surface area contributed by atoms with Gasteiger partial charge in [0.2, 0.25) is 23.6 Å². The molecule has 2 aliphatic carbocycles. The lowest BCUT2D eigenvalue weighted by Gasteiger charge is -2.35. The van der Waals surface area contributed by atoms with E-state index >= 15 is 0 Å². The molecule has 11 heteroatoms. The second kappa shape index (κ2) is 11.6. The van der Waals surface area contributed by atoms with E-state index in [1.807, 2.05) is 6.07 Å². The molecule has 4 fully saturated rings. The van der Waals surface area contributed by atoms with Gasteiger partial charge in [-0.15, -0.1) is 0 Å². The van der Waals surface area contributed by atoms with Crippen molar-refractivity contribution < 1.29 is 32.3 Å². The number of hydrogen-bond donors (Lipinski definition) is 1. The lowest BCUT2D eigenvalue weighted by molar-refractivity contribution is -0.135. The fraction of sp³-hybridized carbons (Fsp3) is 0.690. The van der Waals surface area contributed by atoms with Gasteiger partial charge in [0.15, 0.2) is 0 Å². The van der Waals surface area contributed by atoms with Gasteiger partial charge in [0.1, 0.15) is 17.7 Å². The summed E-state index contributed by atoms with van der Waals surface area (Å²) < 4.78 is 47.4. The van der Waals surface area contributed by atoms with Crippen LogP contribution < -0.4 is 10.1 Å². The van der Waals surface area contributed by atoms with Crippen LogP contribution in [-0.2, 0) is 20.9 Å². The molecule has 5 rings (SSSR count). The van der Waals surface area contributed by atoms with Crippen molar-refractivity contribution in [3.05, 3.63) is 29.6 Å². The summed E-state index contributed by atoms with van der Waals surface area (Å²) in [5, 5.41) is 2.73. The molecular formula is C29H39F3N4O4. The van der Waals surface area contributed by atoms with Gasteiger partial charge in [-0.1, -0.05) is 0 Å². The van der Waals surface area contributed by atoms with Crippen molar-refractivity contribution in [1.29, 1.82) is 0 Å². The van der Waals surface area contributed by atoms with Crippen LogP contribution in [0.5, 0.6) is 5.75 Å². The molecule has 2 heterocycles. The molecule has 40 heavy (non-hydrogen) atoms. The minimum Gasteiger partial charge on any atom is -0.488 e. The van der Waals surface area contributed by atoms with Gasteiger partial charge in [-0.25, -0.2) is 13.2 Å². The summed E-state index contributed by atoms with van der Waals surface area (Å²) in [6, 6.07) is 4.69. The first-order chi connectivity index (χ1) is 19.0. The Morgan fingerprint density at radius 1 is 1.00 bits per heavy atom. The summed E-state index contributed by atoms with van der Waals surface area (Å²) in [7, 11) is 0. The van der Waals surface area contributed by atoms with Gasteiger partial charge in [-0.3, -0.25) is 19.3 Å². The average molecular weight is 565 g/mol. The maximum atomic E-state index is 14.4. The van der Waals surface area contributed by atoms with Crippen LogP contribution in [0.2, 0.25) is 0 Å². The van der Waals surface area contributed by atoms with Gasteiger partial charge < -0.3 is 19.9 Å². The Morgan fingerprint density at radius 3 is 2.42 bits per heavy atom. The van der Waals surface area contributed by atoms with Crippen molar-refractivity contribution in [3.63, 3.8) is 0 Å². The molecule has 1 N–H and O–H groups in total. The van der Waals surface area contributed by atoms with Crippen LogP contribution in [-0.4, -0.2) is 90.3 Å². The number of likely N-dealkylation sites (tertiary alicyclic amines) is 1. The molecule has 1 spiro atoms. The molecule has 3 amide bonds. The standard InChI is InChI=1S/C29H39F3N4O4/c1-20(37)36-8-2-3-23(19-36)40-24-14-21(13-22(30)15-24)18-34-9-11-35(12-10-34)26(38)17-33-27(39)25-16-28(25)4-6-29(31,32)7-5-28/h13-15,23,25H,2-12,16-19H2,1H3,(H,33,39). The third kappa shape index (κ3) is 6.90. The normalized spacial score (nSPS) is 25.9. The third-order valence-corrected chi connectivity index (χ3v) is 9.09. The predicted octanol–water partition coefficient (Wildman–Crippen LogP) is 3.19. The van der Waals surface area contributed by atoms with E-state index in [1.54, 1.807) is 16.7 Å². The molecule has 2 saturated heterocycles. The van der Waals surface area contributed by atoms with E-state index in [9.17, 15) is 27.6 Å². The summed E-state index contributed by atoms with van der Waals surface area (Å²) >= 11 is 0. The number of ether oxygens (including phenoxy) is 1. The smallest absolute Gasteiger partial charge is 0.248 e. The highest BCUT2D eigenvalue weighted by Gasteiger charge is 2.60. The SMILES string of the molecule is CC(=O)N1CCCC(Oc2cc(F)cc(CN3CCN(C(=O)CNC(=O)C4CC45CCC(F)(F)CC5)CC3)c2)C1. The van der Waals surface area contributed by atoms with Gasteiger partial charge >= 0.3 is 0 Å². The maximum absolute atomic E-state index is 14.4. The Labute approximate surface area is 233 Å². The highest BCUT2D eigenvalue weighted by molar-refractivity contribution is 5.88. The molecule has 0 aromatic heterocycles. The van der Waals surface area contributed by atoms with Crippen LogP contribution in [0.3, 0.4) is 0 Å². The number of nitrogens with one attached hydrogen (secondary N) is 1. The fourth-order valence-electron chi connectivity index (χ4n) is 6.49. The lowest BCUT2D eigenvalue weighted by Crippen LogP contribution is -2.51. The number of benzene rings is 1. The Balaban J connectivity index is 1.04. The number of halogens is 3. The number of carbonyl (C=O) groups excluding carboxylic acids is 3. The van der Waals surface area contributed by atoms with Gasteiger partial charge in [-0.2, -0.15) is 0 Å². The number of nitrogens with zero attached hydrogens (tertiary/aromatic N) is 3. The summed E-state index contributed by atoms with van der Waals surface area (Å²) in [6.45, 7) is 5.41. The molecule has 8 nitrogen and oxygen atoms in total. The molecule has 2 atom stereocenters. The van der Waals surface area contributed by atoms with E-state index in [1.165, 1.54) is 12.1 Å². The zero-order valence-electron chi connectivity index (χ0n) is 23.1. The topological polar surface area (TPSA) is 82.2 Å². The van der Waals surface area contributed by atoms with Gasteiger partial charge in [0, 0.05) is 71.0 Å². The summed E-state index contributed by atoms with van der Waals surface area (Å²) in [5.41, 5.74) is 0.480. The molecule has 2 aliphatic heterocycles. The molecule has 2 unspecified atom stereocenters. The number of rotatable bonds is 7. The molecule has 2 saturated carbocycles. The third-order valence-electron chi connectivity index (χ3n) is 9.09. The zero-order valence-corrected chi connectivity index (χ0v) is 23.1. The van der Waals surface area contributed by atoms with Gasteiger partial charge in [0.05, 0.1) is 13.1 Å². The van der Waals surface area contributed by atoms with Crippen LogP contribution in [0.25, 0.3) is 0 Å². The van der Waals surface area contributed by atoms with E-state index in [0.29, 0.717) is 64.3 Å². The molecular weight excluding hydrogens is 525 g/mol. The molecule has 4 aliphatic rings. The lowest BCUT2D eigenvalue weighted by atomic mass is 9.82. The zero-order chi connectivity index (χ0) is 28.5. The minimum atomic E-state index is -2.62. The van der Waals surface area contributed by atoms with E-state index < -0.39 is 5.92 Å². The Kier molecular flexibility index (Phi) is 8.31. The average Bonchev–Trinajstić information content (AvgIpc) is 3.63. The van der Waals surface area contributed by atoms with Crippen molar-refractivity contribution in [2.45, 2.75) is 70.4 Å². The first-order valence-electron chi connectivity index (χ1n) is 14.4. The Bertz CT molecular complexity index is 1110. The number of carbonyl (C=O) groups is 3. The second-order valence-electron chi connectivity index (χ2n) is 12.0. The molecule has 0 radical (unpaired) electrons. The summed E-state index contributed by atoms with van der Waals surface area (Å²) in [6.07, 6.45) is 2.54. The second-order valence-corrected chi connectivity index (χ2v) is 12.0. The molecule has 1 aromatic rings. The quantitative estimate of drug-likeness (QED) is 0.550. The fourth-order valence-corrected chi connectivity index (χ4v) is 6.49. The van der Waals surface area contributed by atoms with Crippen molar-refractivity contribution in [3.8, 4) is 5.75 Å². The number of piperazine rings is 1. The van der Waals surface area contributed by atoms with E-state index in [0.717, 1.165) is 24.9 Å². The van der Waals surface area contributed by atoms with Crippen LogP contribution in [0.1, 0.15) is 57.4 Å². The van der Waals surface area contributed by atoms with Gasteiger partial charge in [-0.05, 0) is 55.2 Å². The van der Waals surface area contributed by atoms with Crippen LogP contribution in [0, 0.1) is 17.2 Å². The Morgan fingerprint density at radius 2 is 1.73 bits per heavy atom. The number of hydrogen-bond acceptors (Lipinski definition) is 5. The van der Waals surface area contributed by atoms with Crippen molar-refractivity contribution in [1.82, 2.24) is 20.0 Å². The van der Waals surface area contributed by atoms with Crippen LogP contribution in [0.4, 0.5) is 13.2 Å². The van der Waals surface area contributed by atoms with E-state index in [4.69, 9.17) is 4.74 Å². The number of piperidine rings is 1. The Hall–Kier alpha value is -2.82. The molecule has 0 bridgehead atoms. The van der Waals surface area contributed by atoms with Crippen LogP contribution in [0.15, 0.2) is 18.2 Å². The van der Waals surface area contributed by atoms with Gasteiger partial charge in [0.25, 0.3) is 0 Å². The largest absolute Gasteiger partial charge is 0.488 e. The van der Waals surface area contributed by atoms with Crippen molar-refractivity contribution in [2.75, 3.05) is 45.8 Å². The minimum absolute atomic E-state index is 0.0127. The number of amides is 3. The van der Waals surface area contributed by atoms with Crippen LogP contribution >= 0.6 is 0 Å². The van der Waals surface area contributed by atoms with E-state index in [-0.39, 0.29) is 60.4 Å². The maximum Gasteiger partial charge on any atom is 0.248 e. The van der Waals surface area contributed by atoms with Crippen molar-refractivity contribution >= 4 is 17.7 Å². The highest BCUT2D eigenvalue weighted by Crippen LogP contribution is 2.63. The summed E-state index contributed by atoms with van der Waals surface area (Å²) in [4.78, 5) is 42.6. The predicted molar refractivity (Wildman–Crippen MR) is 141 cm³/mol. The molecule has 220 valence electrons. The van der Waals surface area contributed by atoms with E-state index in [2.05, 4.69) is 10.2 Å². The highest BCUT2D eigenvalue weighted by atomic mass is 19.3. The first-order valence-corrected chi connectivity index (χ1v) is 14.4. The van der Waals surface area contributed by atoms with Crippen molar-refractivity contribution in [2.24, 2.45) is 11.3 Å². The monoisotopic (exact) mass is 564 g/mol. The molecule has 1 aromatic carbocycles. The number of alkyl halides is 2. The summed E-state index contributed by atoms with van der Waals surface area (Å²) in [5.74, 6) is -3.16.